The van der Waals surface area contributed by atoms with E-state index in [-0.39, 0.29) is 11.6 Å². The summed E-state index contributed by atoms with van der Waals surface area (Å²) < 4.78 is 0. The molecule has 0 bridgehead atoms. The monoisotopic (exact) mass is 439 g/mol. The van der Waals surface area contributed by atoms with Gasteiger partial charge >= 0.3 is 0 Å². The van der Waals surface area contributed by atoms with Crippen LogP contribution in [0.15, 0.2) is 82.8 Å². The minimum absolute atomic E-state index is 0.0510. The maximum atomic E-state index is 11.3. The lowest BCUT2D eigenvalue weighted by molar-refractivity contribution is -0.384. The van der Waals surface area contributed by atoms with E-state index >= 15 is 0 Å². The van der Waals surface area contributed by atoms with Crippen LogP contribution in [0.1, 0.15) is 16.7 Å². The number of benzene rings is 3. The van der Waals surface area contributed by atoms with Crippen molar-refractivity contribution >= 4 is 34.3 Å². The number of H-pyrrole nitrogens is 1. The zero-order valence-electron chi connectivity index (χ0n) is 17.7. The lowest BCUT2D eigenvalue weighted by atomic mass is 10.0. The molecule has 0 aliphatic carbocycles. The second-order valence-electron chi connectivity index (χ2n) is 7.82. The van der Waals surface area contributed by atoms with Crippen LogP contribution in [0.5, 0.6) is 5.88 Å². The molecule has 3 aromatic carbocycles. The smallest absolute Gasteiger partial charge is 0.270 e. The molecular weight excluding hydrogens is 418 g/mol. The van der Waals surface area contributed by atoms with E-state index < -0.39 is 4.92 Å². The number of aromatic nitrogens is 1. The second-order valence-corrected chi connectivity index (χ2v) is 7.82. The molecule has 8 heteroatoms. The van der Waals surface area contributed by atoms with Crippen LogP contribution in [0.2, 0.25) is 0 Å². The summed E-state index contributed by atoms with van der Waals surface area (Å²) in [5.74, 6) is -0.0851. The van der Waals surface area contributed by atoms with Gasteiger partial charge in [-0.25, -0.2) is 4.99 Å². The SMILES string of the molecule is O=[N+]([O-])c1ccc2[nH]c(O)c(C(=Nc3ccc(CN4C=NCC4)cc3)c3ccccc3)c2c1. The molecule has 0 spiro atoms. The summed E-state index contributed by atoms with van der Waals surface area (Å²) in [6.07, 6.45) is 1.87. The van der Waals surface area contributed by atoms with Crippen LogP contribution in [-0.4, -0.2) is 45.1 Å². The summed E-state index contributed by atoms with van der Waals surface area (Å²) in [5, 5.41) is 22.6. The van der Waals surface area contributed by atoms with Gasteiger partial charge in [0.15, 0.2) is 5.88 Å². The van der Waals surface area contributed by atoms with Crippen molar-refractivity contribution in [3.8, 4) is 5.88 Å². The maximum Gasteiger partial charge on any atom is 0.270 e. The van der Waals surface area contributed by atoms with E-state index in [9.17, 15) is 15.2 Å². The van der Waals surface area contributed by atoms with Gasteiger partial charge in [-0.15, -0.1) is 0 Å². The van der Waals surface area contributed by atoms with Crippen LogP contribution < -0.4 is 0 Å². The van der Waals surface area contributed by atoms with E-state index in [4.69, 9.17) is 4.99 Å². The Labute approximate surface area is 189 Å². The summed E-state index contributed by atoms with van der Waals surface area (Å²) >= 11 is 0. The van der Waals surface area contributed by atoms with Gasteiger partial charge in [-0.2, -0.15) is 0 Å². The average molecular weight is 439 g/mol. The Balaban J connectivity index is 1.60. The number of aromatic hydroxyl groups is 1. The Kier molecular flexibility index (Phi) is 5.32. The van der Waals surface area contributed by atoms with Crippen molar-refractivity contribution in [2.24, 2.45) is 9.98 Å². The number of fused-ring (bicyclic) bond motifs is 1. The van der Waals surface area contributed by atoms with Crippen LogP contribution in [0.4, 0.5) is 11.4 Å². The van der Waals surface area contributed by atoms with Gasteiger partial charge in [0.2, 0.25) is 0 Å². The number of nitro groups is 1. The average Bonchev–Trinajstić information content (AvgIpc) is 3.45. The van der Waals surface area contributed by atoms with E-state index in [0.29, 0.717) is 27.9 Å². The molecule has 2 heterocycles. The van der Waals surface area contributed by atoms with Gasteiger partial charge in [-0.3, -0.25) is 15.1 Å². The van der Waals surface area contributed by atoms with Crippen molar-refractivity contribution in [2.75, 3.05) is 13.1 Å². The number of aromatic amines is 1. The number of nitrogens with zero attached hydrogens (tertiary/aromatic N) is 4. The third-order valence-corrected chi connectivity index (χ3v) is 5.58. The molecule has 0 amide bonds. The zero-order valence-corrected chi connectivity index (χ0v) is 17.7. The first-order chi connectivity index (χ1) is 16.1. The van der Waals surface area contributed by atoms with Gasteiger partial charge in [-0.05, 0) is 23.8 Å². The fraction of sp³-hybridized carbons (Fsp3) is 0.120. The fourth-order valence-electron chi connectivity index (χ4n) is 3.96. The molecule has 0 saturated carbocycles. The lowest BCUT2D eigenvalue weighted by Gasteiger charge is -2.13. The third-order valence-electron chi connectivity index (χ3n) is 5.58. The highest BCUT2D eigenvalue weighted by Crippen LogP contribution is 2.33. The molecule has 0 atom stereocenters. The Morgan fingerprint density at radius 2 is 1.91 bits per heavy atom. The van der Waals surface area contributed by atoms with Crippen molar-refractivity contribution < 1.29 is 10.0 Å². The Morgan fingerprint density at radius 1 is 1.12 bits per heavy atom. The van der Waals surface area contributed by atoms with Crippen molar-refractivity contribution in [3.05, 3.63) is 99.6 Å². The predicted octanol–water partition coefficient (Wildman–Crippen LogP) is 4.79. The topological polar surface area (TPSA) is 107 Å². The minimum Gasteiger partial charge on any atom is -0.494 e. The number of rotatable bonds is 6. The largest absolute Gasteiger partial charge is 0.494 e. The van der Waals surface area contributed by atoms with Gasteiger partial charge in [0.25, 0.3) is 5.69 Å². The maximum absolute atomic E-state index is 11.3. The highest BCUT2D eigenvalue weighted by Gasteiger charge is 2.21. The molecular formula is C25H21N5O3. The quantitative estimate of drug-likeness (QED) is 0.256. The van der Waals surface area contributed by atoms with E-state index in [2.05, 4.69) is 14.9 Å². The molecule has 8 nitrogen and oxygen atoms in total. The molecule has 0 radical (unpaired) electrons. The molecule has 2 N–H and O–H groups in total. The number of aliphatic imine (C=N–C) groups is 2. The molecule has 5 rings (SSSR count). The van der Waals surface area contributed by atoms with Crippen LogP contribution in [-0.2, 0) is 6.54 Å². The molecule has 0 fully saturated rings. The highest BCUT2D eigenvalue weighted by molar-refractivity contribution is 6.22. The summed E-state index contributed by atoms with van der Waals surface area (Å²) in [4.78, 5) is 25.1. The molecule has 1 aliphatic rings. The highest BCUT2D eigenvalue weighted by atomic mass is 16.6. The van der Waals surface area contributed by atoms with Crippen LogP contribution in [0, 0.1) is 10.1 Å². The van der Waals surface area contributed by atoms with E-state index in [1.54, 1.807) is 6.07 Å². The Morgan fingerprint density at radius 3 is 2.61 bits per heavy atom. The zero-order chi connectivity index (χ0) is 22.8. The first-order valence-corrected chi connectivity index (χ1v) is 10.5. The normalized spacial score (nSPS) is 13.7. The summed E-state index contributed by atoms with van der Waals surface area (Å²) in [6, 6.07) is 21.8. The number of nitrogens with one attached hydrogen (secondary N) is 1. The second kappa shape index (κ2) is 8.58. The van der Waals surface area contributed by atoms with Crippen LogP contribution in [0.3, 0.4) is 0 Å². The van der Waals surface area contributed by atoms with Crippen molar-refractivity contribution in [2.45, 2.75) is 6.54 Å². The number of hydrogen-bond donors (Lipinski definition) is 2. The van der Waals surface area contributed by atoms with Gasteiger partial charge in [-0.1, -0.05) is 42.5 Å². The van der Waals surface area contributed by atoms with Gasteiger partial charge < -0.3 is 15.0 Å². The number of non-ortho nitro benzene ring substituents is 1. The van der Waals surface area contributed by atoms with Crippen molar-refractivity contribution in [3.63, 3.8) is 0 Å². The summed E-state index contributed by atoms with van der Waals surface area (Å²) in [5.41, 5.74) is 4.15. The molecule has 0 saturated heterocycles. The van der Waals surface area contributed by atoms with Gasteiger partial charge in [0.1, 0.15) is 0 Å². The van der Waals surface area contributed by atoms with E-state index in [0.717, 1.165) is 30.8 Å². The molecule has 1 aromatic heterocycles. The standard InChI is InChI=1S/C25H21N5O3/c31-25-23(21-14-20(30(32)33)10-11-22(21)28-25)24(18-4-2-1-3-5-18)27-19-8-6-17(7-9-19)15-29-13-12-26-16-29/h1-11,14,16,28,31H,12-13,15H2. The van der Waals surface area contributed by atoms with Gasteiger partial charge in [0, 0.05) is 41.7 Å². The number of hydrogen-bond acceptors (Lipinski definition) is 6. The Hall–Kier alpha value is -4.46. The van der Waals surface area contributed by atoms with Crippen LogP contribution in [0.25, 0.3) is 10.9 Å². The van der Waals surface area contributed by atoms with Crippen molar-refractivity contribution in [1.29, 1.82) is 0 Å². The molecule has 4 aromatic rings. The first kappa shape index (κ1) is 20.4. The minimum atomic E-state index is -0.448. The Bertz CT molecular complexity index is 1370. The van der Waals surface area contributed by atoms with Crippen molar-refractivity contribution in [1.82, 2.24) is 9.88 Å². The molecule has 33 heavy (non-hydrogen) atoms. The van der Waals surface area contributed by atoms with Gasteiger partial charge in [0.05, 0.1) is 34.8 Å². The molecule has 1 aliphatic heterocycles. The first-order valence-electron chi connectivity index (χ1n) is 10.5. The summed E-state index contributed by atoms with van der Waals surface area (Å²) in [6.45, 7) is 2.53. The fourth-order valence-corrected chi connectivity index (χ4v) is 3.96. The van der Waals surface area contributed by atoms with Crippen LogP contribution >= 0.6 is 0 Å². The van der Waals surface area contributed by atoms with E-state index in [1.807, 2.05) is 60.9 Å². The molecule has 0 unspecified atom stereocenters. The van der Waals surface area contributed by atoms with E-state index in [1.165, 1.54) is 12.1 Å². The predicted molar refractivity (Wildman–Crippen MR) is 129 cm³/mol. The lowest BCUT2D eigenvalue weighted by Crippen LogP contribution is -2.18. The number of nitro benzene ring substituents is 1. The molecule has 164 valence electrons. The third kappa shape index (κ3) is 4.18. The summed E-state index contributed by atoms with van der Waals surface area (Å²) in [7, 11) is 0.